The number of rotatable bonds is 8. The molecule has 0 bridgehead atoms. The van der Waals surface area contributed by atoms with Crippen molar-refractivity contribution in [2.24, 2.45) is 0 Å². The Bertz CT molecular complexity index is 1520. The molecule has 6 nitrogen and oxygen atoms in total. The number of pyridine rings is 1. The summed E-state index contributed by atoms with van der Waals surface area (Å²) in [6.07, 6.45) is -3.05. The number of aromatic nitrogens is 1. The first-order valence-corrected chi connectivity index (χ1v) is 12.6. The van der Waals surface area contributed by atoms with Crippen LogP contribution in [0.2, 0.25) is 5.02 Å². The van der Waals surface area contributed by atoms with Gasteiger partial charge in [0.2, 0.25) is 5.75 Å². The number of benzene rings is 3. The summed E-state index contributed by atoms with van der Waals surface area (Å²) in [7, 11) is 0. The maximum Gasteiger partial charge on any atom is 0.417 e. The summed E-state index contributed by atoms with van der Waals surface area (Å²) in [4.78, 5) is 17.0. The SMILES string of the molecule is CCOc1cc2nccc(Oc3ccc(CC(=O)Cc4ccc(Cl)c(C(F)(F)F)c4)cc3)c2c2c1OCCO2. The van der Waals surface area contributed by atoms with Gasteiger partial charge < -0.3 is 18.9 Å². The molecule has 202 valence electrons. The maximum absolute atomic E-state index is 13.1. The van der Waals surface area contributed by atoms with E-state index in [1.807, 2.05) is 6.92 Å². The fourth-order valence-corrected chi connectivity index (χ4v) is 4.57. The predicted molar refractivity (Wildman–Crippen MR) is 139 cm³/mol. The molecule has 1 aromatic heterocycles. The quantitative estimate of drug-likeness (QED) is 0.228. The largest absolute Gasteiger partial charge is 0.490 e. The molecule has 0 N–H and O–H groups in total. The van der Waals surface area contributed by atoms with E-state index in [-0.39, 0.29) is 24.2 Å². The highest BCUT2D eigenvalue weighted by molar-refractivity contribution is 6.31. The number of alkyl halides is 3. The average Bonchev–Trinajstić information content (AvgIpc) is 2.90. The molecule has 10 heteroatoms. The molecule has 5 rings (SSSR count). The third-order valence-electron chi connectivity index (χ3n) is 6.03. The lowest BCUT2D eigenvalue weighted by Gasteiger charge is -2.23. The van der Waals surface area contributed by atoms with Gasteiger partial charge in [-0.3, -0.25) is 9.78 Å². The first kappa shape index (κ1) is 26.6. The standard InChI is InChI=1S/C29H23ClF3NO5/c1-2-36-25-16-23-26(28-27(25)37-11-12-38-28)24(9-10-34-23)39-20-6-3-17(4-7-20)13-19(35)14-18-5-8-22(30)21(15-18)29(31,32)33/h3-10,15-16H,2,11-14H2,1H3. The smallest absolute Gasteiger partial charge is 0.417 e. The molecule has 0 atom stereocenters. The highest BCUT2D eigenvalue weighted by Gasteiger charge is 2.33. The topological polar surface area (TPSA) is 66.9 Å². The summed E-state index contributed by atoms with van der Waals surface area (Å²) in [6, 6.07) is 13.9. The molecular weight excluding hydrogens is 535 g/mol. The van der Waals surface area contributed by atoms with Crippen molar-refractivity contribution in [3.8, 4) is 28.7 Å². The first-order chi connectivity index (χ1) is 18.7. The van der Waals surface area contributed by atoms with Crippen LogP contribution in [0.25, 0.3) is 10.9 Å². The van der Waals surface area contributed by atoms with Crippen LogP contribution in [0.3, 0.4) is 0 Å². The van der Waals surface area contributed by atoms with E-state index in [1.54, 1.807) is 42.6 Å². The van der Waals surface area contributed by atoms with Crippen LogP contribution in [0.4, 0.5) is 13.2 Å². The molecule has 1 aliphatic rings. The fraction of sp³-hybridized carbons (Fsp3) is 0.241. The van der Waals surface area contributed by atoms with Gasteiger partial charge in [-0.1, -0.05) is 29.8 Å². The van der Waals surface area contributed by atoms with Gasteiger partial charge in [-0.15, -0.1) is 0 Å². The summed E-state index contributed by atoms with van der Waals surface area (Å²) in [5.41, 5.74) is 0.626. The zero-order chi connectivity index (χ0) is 27.6. The van der Waals surface area contributed by atoms with Crippen molar-refractivity contribution in [2.75, 3.05) is 19.8 Å². The molecule has 2 heterocycles. The molecule has 0 radical (unpaired) electrons. The van der Waals surface area contributed by atoms with Crippen molar-refractivity contribution < 1.29 is 36.9 Å². The van der Waals surface area contributed by atoms with Gasteiger partial charge in [0, 0.05) is 25.1 Å². The molecule has 0 unspecified atom stereocenters. The highest BCUT2D eigenvalue weighted by atomic mass is 35.5. The second-order valence-corrected chi connectivity index (χ2v) is 9.22. The van der Waals surface area contributed by atoms with Gasteiger partial charge in [0.15, 0.2) is 11.5 Å². The minimum atomic E-state index is -4.59. The van der Waals surface area contributed by atoms with Crippen molar-refractivity contribution in [3.63, 3.8) is 0 Å². The Labute approximate surface area is 227 Å². The van der Waals surface area contributed by atoms with E-state index < -0.39 is 16.8 Å². The maximum atomic E-state index is 13.1. The van der Waals surface area contributed by atoms with Gasteiger partial charge in [0.25, 0.3) is 0 Å². The zero-order valence-corrected chi connectivity index (χ0v) is 21.6. The number of fused-ring (bicyclic) bond motifs is 3. The van der Waals surface area contributed by atoms with Crippen LogP contribution in [0.1, 0.15) is 23.6 Å². The van der Waals surface area contributed by atoms with Crippen molar-refractivity contribution in [1.82, 2.24) is 4.98 Å². The van der Waals surface area contributed by atoms with E-state index in [0.29, 0.717) is 65.0 Å². The number of carbonyl (C=O) groups excluding carboxylic acids is 1. The number of nitrogens with zero attached hydrogens (tertiary/aromatic N) is 1. The van der Waals surface area contributed by atoms with Crippen LogP contribution in [0.15, 0.2) is 60.8 Å². The van der Waals surface area contributed by atoms with Gasteiger partial charge in [0.1, 0.15) is 30.5 Å². The monoisotopic (exact) mass is 557 g/mol. The van der Waals surface area contributed by atoms with Crippen LogP contribution in [0.5, 0.6) is 28.7 Å². The third-order valence-corrected chi connectivity index (χ3v) is 6.36. The molecule has 0 fully saturated rings. The summed E-state index contributed by atoms with van der Waals surface area (Å²) in [6.45, 7) is 3.12. The number of ether oxygens (including phenoxy) is 4. The summed E-state index contributed by atoms with van der Waals surface area (Å²) in [5.74, 6) is 2.36. The molecule has 0 aliphatic carbocycles. The van der Waals surface area contributed by atoms with Crippen LogP contribution in [-0.4, -0.2) is 30.6 Å². The van der Waals surface area contributed by atoms with Crippen molar-refractivity contribution in [2.45, 2.75) is 25.9 Å². The van der Waals surface area contributed by atoms with Gasteiger partial charge in [-0.05, 0) is 48.4 Å². The molecule has 1 aliphatic heterocycles. The van der Waals surface area contributed by atoms with Crippen molar-refractivity contribution in [3.05, 3.63) is 82.5 Å². The van der Waals surface area contributed by atoms with Gasteiger partial charge >= 0.3 is 6.18 Å². The van der Waals surface area contributed by atoms with Gasteiger partial charge in [0.05, 0.1) is 28.1 Å². The van der Waals surface area contributed by atoms with Crippen LogP contribution < -0.4 is 18.9 Å². The number of Topliss-reactive ketones (excluding diaryl/α,β-unsaturated/α-hetero) is 1. The second-order valence-electron chi connectivity index (χ2n) is 8.82. The third kappa shape index (κ3) is 5.88. The summed E-state index contributed by atoms with van der Waals surface area (Å²) < 4.78 is 63.0. The fourth-order valence-electron chi connectivity index (χ4n) is 4.34. The minimum Gasteiger partial charge on any atom is -0.490 e. The minimum absolute atomic E-state index is 0.0569. The van der Waals surface area contributed by atoms with Gasteiger partial charge in [-0.2, -0.15) is 13.2 Å². The number of hydrogen-bond donors (Lipinski definition) is 0. The van der Waals surface area contributed by atoms with Crippen LogP contribution >= 0.6 is 11.6 Å². The average molecular weight is 558 g/mol. The Kier molecular flexibility index (Phi) is 7.52. The highest BCUT2D eigenvalue weighted by Crippen LogP contribution is 2.48. The Morgan fingerprint density at radius 3 is 2.36 bits per heavy atom. The summed E-state index contributed by atoms with van der Waals surface area (Å²) >= 11 is 5.67. The molecule has 0 amide bonds. The van der Waals surface area contributed by atoms with Crippen LogP contribution in [0, 0.1) is 0 Å². The summed E-state index contributed by atoms with van der Waals surface area (Å²) in [5, 5.41) is 0.252. The number of carbonyl (C=O) groups is 1. The number of halogens is 4. The molecule has 3 aromatic carbocycles. The lowest BCUT2D eigenvalue weighted by Crippen LogP contribution is -2.16. The zero-order valence-electron chi connectivity index (χ0n) is 20.8. The van der Waals surface area contributed by atoms with E-state index >= 15 is 0 Å². The lowest BCUT2D eigenvalue weighted by molar-refractivity contribution is -0.137. The van der Waals surface area contributed by atoms with E-state index in [9.17, 15) is 18.0 Å². The Morgan fingerprint density at radius 2 is 1.64 bits per heavy atom. The van der Waals surface area contributed by atoms with Crippen molar-refractivity contribution in [1.29, 1.82) is 0 Å². The van der Waals surface area contributed by atoms with E-state index in [0.717, 1.165) is 12.1 Å². The molecule has 0 saturated heterocycles. The number of hydrogen-bond acceptors (Lipinski definition) is 6. The van der Waals surface area contributed by atoms with Gasteiger partial charge in [-0.25, -0.2) is 0 Å². The van der Waals surface area contributed by atoms with E-state index in [2.05, 4.69) is 4.98 Å². The normalized spacial score (nSPS) is 12.8. The van der Waals surface area contributed by atoms with Crippen LogP contribution in [-0.2, 0) is 23.8 Å². The second kappa shape index (κ2) is 11.0. The molecule has 0 spiro atoms. The van der Waals surface area contributed by atoms with E-state index in [1.165, 1.54) is 6.07 Å². The molecule has 4 aromatic rings. The molecule has 0 saturated carbocycles. The Balaban J connectivity index is 1.32. The van der Waals surface area contributed by atoms with Crippen molar-refractivity contribution >= 4 is 28.3 Å². The Morgan fingerprint density at radius 1 is 0.949 bits per heavy atom. The molecule has 39 heavy (non-hydrogen) atoms. The van der Waals surface area contributed by atoms with E-state index in [4.69, 9.17) is 30.5 Å². The molecular formula is C29H23ClF3NO5. The first-order valence-electron chi connectivity index (χ1n) is 12.2. The number of ketones is 1. The Hall–Kier alpha value is -3.98. The lowest BCUT2D eigenvalue weighted by atomic mass is 10.0. The predicted octanol–water partition coefficient (Wildman–Crippen LogP) is 7.22.